The van der Waals surface area contributed by atoms with Gasteiger partial charge in [0.05, 0.1) is 25.7 Å². The first-order valence-corrected chi connectivity index (χ1v) is 11.7. The van der Waals surface area contributed by atoms with E-state index in [1.165, 1.54) is 11.8 Å². The number of hydrogen-bond acceptors (Lipinski definition) is 7. The highest BCUT2D eigenvalue weighted by molar-refractivity contribution is 9.10. The molecule has 1 N–H and O–H groups in total. The summed E-state index contributed by atoms with van der Waals surface area (Å²) in [6.07, 6.45) is -0.298. The summed E-state index contributed by atoms with van der Waals surface area (Å²) in [7, 11) is 3.12. The van der Waals surface area contributed by atoms with Gasteiger partial charge in [-0.25, -0.2) is 0 Å². The Balaban J connectivity index is 1.65. The molecule has 0 radical (unpaired) electrons. The highest BCUT2D eigenvalue weighted by Gasteiger charge is 2.20. The molecule has 2 aromatic carbocycles. The molecule has 0 aliphatic rings. The quantitative estimate of drug-likeness (QED) is 0.378. The smallest absolute Gasteiger partial charge is 0.234 e. The zero-order valence-electron chi connectivity index (χ0n) is 18.3. The first kappa shape index (κ1) is 23.9. The highest BCUT2D eigenvalue weighted by Crippen LogP contribution is 2.30. The molecule has 32 heavy (non-hydrogen) atoms. The predicted octanol–water partition coefficient (Wildman–Crippen LogP) is 4.95. The zero-order valence-corrected chi connectivity index (χ0v) is 20.7. The molecule has 0 saturated heterocycles. The summed E-state index contributed by atoms with van der Waals surface area (Å²) < 4.78 is 19.5. The molecule has 3 aromatic rings. The van der Waals surface area contributed by atoms with E-state index < -0.39 is 0 Å². The number of ether oxygens (including phenoxy) is 3. The van der Waals surface area contributed by atoms with Gasteiger partial charge in [-0.2, -0.15) is 0 Å². The van der Waals surface area contributed by atoms with Gasteiger partial charge in [-0.3, -0.25) is 4.79 Å². The molecular formula is C22H25BrN4O4S. The number of amides is 1. The standard InChI is InChI=1S/C22H25BrN4O4S/c1-5-27-21(14(2)31-16-8-6-15(23)7-9-16)25-26-22(27)32-13-20(28)24-18-12-17(29-3)10-11-19(18)30-4/h6-12,14H,5,13H2,1-4H3,(H,24,28). The predicted molar refractivity (Wildman–Crippen MR) is 128 cm³/mol. The lowest BCUT2D eigenvalue weighted by atomic mass is 10.2. The summed E-state index contributed by atoms with van der Waals surface area (Å²) in [5, 5.41) is 12.1. The van der Waals surface area contributed by atoms with Crippen molar-refractivity contribution in [2.75, 3.05) is 25.3 Å². The summed E-state index contributed by atoms with van der Waals surface area (Å²) in [6.45, 7) is 4.59. The minimum absolute atomic E-state index is 0.167. The van der Waals surface area contributed by atoms with E-state index in [4.69, 9.17) is 14.2 Å². The molecule has 170 valence electrons. The molecular weight excluding hydrogens is 496 g/mol. The molecule has 1 amide bonds. The molecule has 0 bridgehead atoms. The van der Waals surface area contributed by atoms with E-state index in [9.17, 15) is 4.79 Å². The number of rotatable bonds is 10. The van der Waals surface area contributed by atoms with Crippen LogP contribution >= 0.6 is 27.7 Å². The normalized spacial score (nSPS) is 11.7. The average molecular weight is 521 g/mol. The summed E-state index contributed by atoms with van der Waals surface area (Å²) in [4.78, 5) is 12.5. The van der Waals surface area contributed by atoms with Gasteiger partial charge in [0.2, 0.25) is 5.91 Å². The van der Waals surface area contributed by atoms with Gasteiger partial charge < -0.3 is 24.1 Å². The number of methoxy groups -OCH3 is 2. The van der Waals surface area contributed by atoms with Crippen LogP contribution in [0.15, 0.2) is 52.1 Å². The lowest BCUT2D eigenvalue weighted by Crippen LogP contribution is -2.16. The third-order valence-corrected chi connectivity index (χ3v) is 6.06. The van der Waals surface area contributed by atoms with Crippen molar-refractivity contribution in [1.29, 1.82) is 0 Å². The van der Waals surface area contributed by atoms with Crippen molar-refractivity contribution in [1.82, 2.24) is 14.8 Å². The Bertz CT molecular complexity index is 1060. The second kappa shape index (κ2) is 11.2. The van der Waals surface area contributed by atoms with E-state index in [0.29, 0.717) is 34.7 Å². The first-order chi connectivity index (χ1) is 15.4. The molecule has 1 heterocycles. The number of nitrogens with one attached hydrogen (secondary N) is 1. The Morgan fingerprint density at radius 3 is 2.50 bits per heavy atom. The van der Waals surface area contributed by atoms with Gasteiger partial charge >= 0.3 is 0 Å². The lowest BCUT2D eigenvalue weighted by Gasteiger charge is -2.15. The molecule has 0 fully saturated rings. The van der Waals surface area contributed by atoms with Crippen molar-refractivity contribution in [2.24, 2.45) is 0 Å². The van der Waals surface area contributed by atoms with Crippen molar-refractivity contribution in [2.45, 2.75) is 31.7 Å². The van der Waals surface area contributed by atoms with Gasteiger partial charge in [0.1, 0.15) is 17.2 Å². The van der Waals surface area contributed by atoms with Crippen LogP contribution in [0.4, 0.5) is 5.69 Å². The van der Waals surface area contributed by atoms with E-state index in [1.54, 1.807) is 32.4 Å². The Morgan fingerprint density at radius 2 is 1.84 bits per heavy atom. The molecule has 1 aromatic heterocycles. The van der Waals surface area contributed by atoms with Crippen LogP contribution in [-0.2, 0) is 11.3 Å². The van der Waals surface area contributed by atoms with Crippen LogP contribution < -0.4 is 19.5 Å². The van der Waals surface area contributed by atoms with Crippen molar-refractivity contribution in [3.05, 3.63) is 52.8 Å². The number of hydrogen-bond donors (Lipinski definition) is 1. The number of nitrogens with zero attached hydrogens (tertiary/aromatic N) is 3. The fourth-order valence-electron chi connectivity index (χ4n) is 3.00. The van der Waals surface area contributed by atoms with E-state index in [2.05, 4.69) is 31.4 Å². The molecule has 0 spiro atoms. The Kier molecular flexibility index (Phi) is 8.40. The zero-order chi connectivity index (χ0) is 23.1. The maximum Gasteiger partial charge on any atom is 0.234 e. The number of halogens is 1. The van der Waals surface area contributed by atoms with E-state index >= 15 is 0 Å². The monoisotopic (exact) mass is 520 g/mol. The van der Waals surface area contributed by atoms with Gasteiger partial charge in [-0.15, -0.1) is 10.2 Å². The number of carbonyl (C=O) groups excluding carboxylic acids is 1. The van der Waals surface area contributed by atoms with E-state index in [-0.39, 0.29) is 17.8 Å². The molecule has 8 nitrogen and oxygen atoms in total. The maximum absolute atomic E-state index is 12.5. The fraction of sp³-hybridized carbons (Fsp3) is 0.318. The van der Waals surface area contributed by atoms with Gasteiger partial charge in [0, 0.05) is 17.1 Å². The Hall–Kier alpha value is -2.72. The maximum atomic E-state index is 12.5. The van der Waals surface area contributed by atoms with Crippen molar-refractivity contribution in [3.63, 3.8) is 0 Å². The summed E-state index contributed by atoms with van der Waals surface area (Å²) >= 11 is 4.73. The fourth-order valence-corrected chi connectivity index (χ4v) is 4.08. The van der Waals surface area contributed by atoms with Crippen molar-refractivity contribution in [3.8, 4) is 17.2 Å². The van der Waals surface area contributed by atoms with E-state index in [0.717, 1.165) is 10.2 Å². The van der Waals surface area contributed by atoms with Crippen LogP contribution in [0.1, 0.15) is 25.8 Å². The Labute approximate surface area is 199 Å². The van der Waals surface area contributed by atoms with Gasteiger partial charge in [0.15, 0.2) is 17.1 Å². The third-order valence-electron chi connectivity index (χ3n) is 4.56. The summed E-state index contributed by atoms with van der Waals surface area (Å²) in [5.74, 6) is 2.61. The van der Waals surface area contributed by atoms with E-state index in [1.807, 2.05) is 42.7 Å². The number of anilines is 1. The van der Waals surface area contributed by atoms with Gasteiger partial charge in [0.25, 0.3) is 0 Å². The number of benzene rings is 2. The molecule has 0 aliphatic heterocycles. The molecule has 1 unspecified atom stereocenters. The highest BCUT2D eigenvalue weighted by atomic mass is 79.9. The molecule has 0 saturated carbocycles. The largest absolute Gasteiger partial charge is 0.497 e. The van der Waals surface area contributed by atoms with Crippen LogP contribution in [0.5, 0.6) is 17.2 Å². The number of thioether (sulfide) groups is 1. The minimum Gasteiger partial charge on any atom is -0.497 e. The molecule has 10 heteroatoms. The van der Waals surface area contributed by atoms with Crippen LogP contribution in [0.3, 0.4) is 0 Å². The molecule has 1 atom stereocenters. The Morgan fingerprint density at radius 1 is 1.12 bits per heavy atom. The van der Waals surface area contributed by atoms with Crippen LogP contribution in [0.2, 0.25) is 0 Å². The van der Waals surface area contributed by atoms with Crippen LogP contribution in [0, 0.1) is 0 Å². The SMILES string of the molecule is CCn1c(SCC(=O)Nc2cc(OC)ccc2OC)nnc1C(C)Oc1ccc(Br)cc1. The number of carbonyl (C=O) groups is 1. The number of aromatic nitrogens is 3. The second-order valence-corrected chi connectivity index (χ2v) is 8.56. The lowest BCUT2D eigenvalue weighted by molar-refractivity contribution is -0.113. The van der Waals surface area contributed by atoms with Gasteiger partial charge in [-0.1, -0.05) is 27.7 Å². The third kappa shape index (κ3) is 5.95. The van der Waals surface area contributed by atoms with Gasteiger partial charge in [-0.05, 0) is 50.2 Å². The summed E-state index contributed by atoms with van der Waals surface area (Å²) in [6, 6.07) is 12.9. The molecule has 3 rings (SSSR count). The average Bonchev–Trinajstić information content (AvgIpc) is 3.22. The van der Waals surface area contributed by atoms with Crippen LogP contribution in [0.25, 0.3) is 0 Å². The minimum atomic E-state index is -0.298. The first-order valence-electron chi connectivity index (χ1n) is 9.95. The van der Waals surface area contributed by atoms with Crippen LogP contribution in [-0.4, -0.2) is 40.6 Å². The topological polar surface area (TPSA) is 87.5 Å². The second-order valence-electron chi connectivity index (χ2n) is 6.70. The molecule has 0 aliphatic carbocycles. The van der Waals surface area contributed by atoms with Crippen molar-refractivity contribution < 1.29 is 19.0 Å². The summed E-state index contributed by atoms with van der Waals surface area (Å²) in [5.41, 5.74) is 0.548. The van der Waals surface area contributed by atoms with Crippen molar-refractivity contribution >= 4 is 39.3 Å².